The minimum absolute atomic E-state index is 0. The van der Waals surface area contributed by atoms with Crippen LogP contribution in [0.15, 0.2) is 4.99 Å². The quantitative estimate of drug-likeness (QED) is 0.278. The van der Waals surface area contributed by atoms with Crippen molar-refractivity contribution in [3.05, 3.63) is 0 Å². The van der Waals surface area contributed by atoms with Crippen molar-refractivity contribution in [2.24, 2.45) is 4.99 Å². The zero-order valence-corrected chi connectivity index (χ0v) is 16.7. The molecule has 7 heteroatoms. The largest absolute Gasteiger partial charge is 0.357 e. The molecule has 0 spiro atoms. The van der Waals surface area contributed by atoms with Gasteiger partial charge < -0.3 is 20.4 Å². The topological polar surface area (TPSA) is 60.0 Å². The van der Waals surface area contributed by atoms with Crippen molar-refractivity contribution in [1.82, 2.24) is 20.4 Å². The van der Waals surface area contributed by atoms with Gasteiger partial charge in [0, 0.05) is 38.6 Å². The summed E-state index contributed by atoms with van der Waals surface area (Å²) in [7, 11) is 4.15. The summed E-state index contributed by atoms with van der Waals surface area (Å²) in [5, 5.41) is 6.72. The third kappa shape index (κ3) is 8.17. The Morgan fingerprint density at radius 1 is 1.36 bits per heavy atom. The lowest BCUT2D eigenvalue weighted by Gasteiger charge is -2.18. The van der Waals surface area contributed by atoms with Crippen LogP contribution < -0.4 is 10.6 Å². The van der Waals surface area contributed by atoms with Gasteiger partial charge in [-0.3, -0.25) is 9.79 Å². The zero-order chi connectivity index (χ0) is 15.7. The minimum Gasteiger partial charge on any atom is -0.357 e. The number of carbonyl (C=O) groups excluding carboxylic acids is 1. The Balaban J connectivity index is 0.00000441. The predicted molar refractivity (Wildman–Crippen MR) is 103 cm³/mol. The third-order valence-corrected chi connectivity index (χ3v) is 3.56. The van der Waals surface area contributed by atoms with Gasteiger partial charge in [-0.05, 0) is 40.4 Å². The molecule has 0 aromatic rings. The summed E-state index contributed by atoms with van der Waals surface area (Å²) in [6.07, 6.45) is 2.63. The summed E-state index contributed by atoms with van der Waals surface area (Å²) < 4.78 is 0. The van der Waals surface area contributed by atoms with Crippen LogP contribution in [0.4, 0.5) is 0 Å². The van der Waals surface area contributed by atoms with E-state index in [9.17, 15) is 4.79 Å². The molecular weight excluding hydrogens is 393 g/mol. The van der Waals surface area contributed by atoms with E-state index in [0.717, 1.165) is 51.5 Å². The van der Waals surface area contributed by atoms with E-state index < -0.39 is 0 Å². The minimum atomic E-state index is 0. The molecule has 0 radical (unpaired) electrons. The smallest absolute Gasteiger partial charge is 0.222 e. The first-order chi connectivity index (χ1) is 10.1. The number of carbonyl (C=O) groups is 1. The molecule has 1 saturated heterocycles. The number of nitrogens with zero attached hydrogens (tertiary/aromatic N) is 3. The number of guanidine groups is 1. The van der Waals surface area contributed by atoms with Crippen LogP contribution >= 0.6 is 24.0 Å². The van der Waals surface area contributed by atoms with Crippen molar-refractivity contribution in [3.63, 3.8) is 0 Å². The molecule has 1 aliphatic heterocycles. The van der Waals surface area contributed by atoms with Gasteiger partial charge in [0.1, 0.15) is 0 Å². The Morgan fingerprint density at radius 2 is 2.09 bits per heavy atom. The van der Waals surface area contributed by atoms with Crippen LogP contribution in [0.3, 0.4) is 0 Å². The molecule has 0 aromatic carbocycles. The highest BCUT2D eigenvalue weighted by Crippen LogP contribution is 2.10. The second kappa shape index (κ2) is 11.9. The highest BCUT2D eigenvalue weighted by Gasteiger charge is 2.25. The average molecular weight is 425 g/mol. The highest BCUT2D eigenvalue weighted by molar-refractivity contribution is 14.0. The van der Waals surface area contributed by atoms with Crippen LogP contribution in [-0.4, -0.2) is 74.5 Å². The molecule has 0 saturated carbocycles. The first-order valence-corrected chi connectivity index (χ1v) is 8.04. The van der Waals surface area contributed by atoms with Gasteiger partial charge in [-0.1, -0.05) is 6.92 Å². The van der Waals surface area contributed by atoms with Gasteiger partial charge in [0.2, 0.25) is 5.91 Å². The molecule has 1 aliphatic rings. The van der Waals surface area contributed by atoms with Crippen LogP contribution in [0.1, 0.15) is 33.1 Å². The Morgan fingerprint density at radius 3 is 2.68 bits per heavy atom. The van der Waals surface area contributed by atoms with Crippen LogP contribution in [0.25, 0.3) is 0 Å². The van der Waals surface area contributed by atoms with E-state index in [1.54, 1.807) is 0 Å². The zero-order valence-electron chi connectivity index (χ0n) is 14.4. The van der Waals surface area contributed by atoms with E-state index in [4.69, 9.17) is 0 Å². The first-order valence-electron chi connectivity index (χ1n) is 8.04. The van der Waals surface area contributed by atoms with Gasteiger partial charge in [0.15, 0.2) is 5.96 Å². The number of halogens is 1. The number of nitrogens with one attached hydrogen (secondary N) is 2. The fraction of sp³-hybridized carbons (Fsp3) is 0.867. The fourth-order valence-corrected chi connectivity index (χ4v) is 2.42. The van der Waals surface area contributed by atoms with Crippen LogP contribution in [-0.2, 0) is 4.79 Å². The lowest BCUT2D eigenvalue weighted by Crippen LogP contribution is -2.45. The van der Waals surface area contributed by atoms with Crippen molar-refractivity contribution < 1.29 is 4.79 Å². The number of aliphatic imine (C=N–C) groups is 1. The van der Waals surface area contributed by atoms with Crippen molar-refractivity contribution in [1.29, 1.82) is 0 Å². The molecule has 0 aromatic heterocycles. The monoisotopic (exact) mass is 425 g/mol. The lowest BCUT2D eigenvalue weighted by atomic mass is 10.3. The van der Waals surface area contributed by atoms with Gasteiger partial charge >= 0.3 is 0 Å². The normalized spacial score (nSPS) is 18.3. The second-order valence-electron chi connectivity index (χ2n) is 5.74. The second-order valence-corrected chi connectivity index (χ2v) is 5.74. The molecule has 1 fully saturated rings. The van der Waals surface area contributed by atoms with E-state index in [1.807, 2.05) is 11.8 Å². The number of rotatable bonds is 7. The summed E-state index contributed by atoms with van der Waals surface area (Å²) in [5.74, 6) is 1.11. The molecule has 6 nitrogen and oxygen atoms in total. The number of likely N-dealkylation sites (tertiary alicyclic amines) is 1. The van der Waals surface area contributed by atoms with Gasteiger partial charge in [-0.15, -0.1) is 24.0 Å². The van der Waals surface area contributed by atoms with Gasteiger partial charge in [-0.25, -0.2) is 0 Å². The Labute approximate surface area is 152 Å². The molecule has 1 heterocycles. The van der Waals surface area contributed by atoms with Gasteiger partial charge in [-0.2, -0.15) is 0 Å². The molecule has 1 unspecified atom stereocenters. The van der Waals surface area contributed by atoms with E-state index >= 15 is 0 Å². The Hall–Kier alpha value is -0.570. The van der Waals surface area contributed by atoms with Gasteiger partial charge in [0.05, 0.1) is 0 Å². The predicted octanol–water partition coefficient (Wildman–Crippen LogP) is 1.12. The van der Waals surface area contributed by atoms with E-state index in [0.29, 0.717) is 12.5 Å². The molecular formula is C15H32IN5O. The third-order valence-electron chi connectivity index (χ3n) is 3.56. The number of amides is 1. The van der Waals surface area contributed by atoms with E-state index in [-0.39, 0.29) is 29.9 Å². The lowest BCUT2D eigenvalue weighted by molar-refractivity contribution is -0.129. The molecule has 2 N–H and O–H groups in total. The summed E-state index contributed by atoms with van der Waals surface area (Å²) in [5.41, 5.74) is 0. The van der Waals surface area contributed by atoms with Crippen molar-refractivity contribution in [2.45, 2.75) is 39.2 Å². The summed E-state index contributed by atoms with van der Waals surface area (Å²) >= 11 is 0. The fourth-order valence-electron chi connectivity index (χ4n) is 2.42. The van der Waals surface area contributed by atoms with Crippen molar-refractivity contribution in [3.8, 4) is 0 Å². The Bertz CT molecular complexity index is 349. The van der Waals surface area contributed by atoms with Crippen molar-refractivity contribution >= 4 is 35.8 Å². The van der Waals surface area contributed by atoms with Crippen LogP contribution in [0.5, 0.6) is 0 Å². The molecule has 0 bridgehead atoms. The maximum absolute atomic E-state index is 11.7. The molecule has 0 aliphatic carbocycles. The summed E-state index contributed by atoms with van der Waals surface area (Å²) in [6.45, 7) is 8.34. The molecule has 22 heavy (non-hydrogen) atoms. The van der Waals surface area contributed by atoms with Crippen LogP contribution in [0, 0.1) is 0 Å². The molecule has 130 valence electrons. The maximum Gasteiger partial charge on any atom is 0.222 e. The van der Waals surface area contributed by atoms with E-state index in [2.05, 4.69) is 41.5 Å². The molecule has 1 atom stereocenters. The Kier molecular flexibility index (Phi) is 11.6. The van der Waals surface area contributed by atoms with Gasteiger partial charge in [0.25, 0.3) is 0 Å². The molecule has 1 rings (SSSR count). The highest BCUT2D eigenvalue weighted by atomic mass is 127. The average Bonchev–Trinajstić information content (AvgIpc) is 2.91. The van der Waals surface area contributed by atoms with Crippen molar-refractivity contribution in [2.75, 3.05) is 46.8 Å². The SMILES string of the molecule is CCNC(=NCCCN(C)C)NC1CCN(C(=O)CC)C1.I. The number of hydrogen-bond donors (Lipinski definition) is 2. The van der Waals surface area contributed by atoms with E-state index in [1.165, 1.54) is 0 Å². The first kappa shape index (κ1) is 21.4. The van der Waals surface area contributed by atoms with Crippen LogP contribution in [0.2, 0.25) is 0 Å². The summed E-state index contributed by atoms with van der Waals surface area (Å²) in [4.78, 5) is 20.4. The summed E-state index contributed by atoms with van der Waals surface area (Å²) in [6, 6.07) is 0.312. The maximum atomic E-state index is 11.7. The number of hydrogen-bond acceptors (Lipinski definition) is 3. The standard InChI is InChI=1S/C15H31N5O.HI/c1-5-14(21)20-11-8-13(12-20)18-15(16-6-2)17-9-7-10-19(3)4;/h13H,5-12H2,1-4H3,(H2,16,17,18);1H. The molecule has 1 amide bonds.